The second-order valence-electron chi connectivity index (χ2n) is 5.12. The monoisotopic (exact) mass is 316 g/mol. The summed E-state index contributed by atoms with van der Waals surface area (Å²) in [5.41, 5.74) is -1.36. The van der Waals surface area contributed by atoms with Crippen LogP contribution in [0.4, 0.5) is 19.0 Å². The van der Waals surface area contributed by atoms with Gasteiger partial charge in [-0.1, -0.05) is 11.8 Å². The Labute approximate surface area is 122 Å². The third kappa shape index (κ3) is 2.30. The van der Waals surface area contributed by atoms with Crippen molar-refractivity contribution >= 4 is 28.5 Å². The molecule has 1 saturated heterocycles. The summed E-state index contributed by atoms with van der Waals surface area (Å²) >= 11 is 1.13. The average molecular weight is 316 g/mol. The summed E-state index contributed by atoms with van der Waals surface area (Å²) in [6.07, 6.45) is 1.67. The molecule has 3 heterocycles. The van der Waals surface area contributed by atoms with Gasteiger partial charge in [0.25, 0.3) is 5.95 Å². The van der Waals surface area contributed by atoms with Gasteiger partial charge in [-0.25, -0.2) is 9.97 Å². The molecular weight excluding hydrogens is 305 g/mol. The summed E-state index contributed by atoms with van der Waals surface area (Å²) < 4.78 is 41.0. The summed E-state index contributed by atoms with van der Waals surface area (Å²) in [6.45, 7) is 2.05. The normalized spacial score (nSPS) is 17.1. The lowest BCUT2D eigenvalue weighted by molar-refractivity contribution is 0.0306. The first-order valence-electron chi connectivity index (χ1n) is 6.06. The van der Waals surface area contributed by atoms with Gasteiger partial charge in [-0.15, -0.1) is 0 Å². The van der Waals surface area contributed by atoms with Crippen LogP contribution in [0.15, 0.2) is 5.16 Å². The molecule has 1 aliphatic heterocycles. The molecule has 5 nitrogen and oxygen atoms in total. The Kier molecular flexibility index (Phi) is 3.21. The van der Waals surface area contributed by atoms with E-state index in [9.17, 15) is 18.3 Å². The Morgan fingerprint density at radius 1 is 1.14 bits per heavy atom. The van der Waals surface area contributed by atoms with E-state index >= 15 is 0 Å². The highest BCUT2D eigenvalue weighted by Gasteiger charge is 2.39. The third-order valence-corrected chi connectivity index (χ3v) is 3.75. The number of thioether (sulfide) groups is 1. The Morgan fingerprint density at radius 3 is 2.38 bits per heavy atom. The molecule has 0 aromatic carbocycles. The second kappa shape index (κ2) is 4.70. The van der Waals surface area contributed by atoms with Crippen molar-refractivity contribution in [3.8, 4) is 0 Å². The van der Waals surface area contributed by atoms with Gasteiger partial charge in [0.1, 0.15) is 16.7 Å². The van der Waals surface area contributed by atoms with Crippen molar-refractivity contribution in [2.75, 3.05) is 24.2 Å². The number of hydrogen-bond acceptors (Lipinski definition) is 6. The number of anilines is 1. The van der Waals surface area contributed by atoms with Gasteiger partial charge < -0.3 is 10.0 Å². The minimum Gasteiger partial charge on any atom is -0.386 e. The maximum atomic E-state index is 13.9. The summed E-state index contributed by atoms with van der Waals surface area (Å²) in [5.74, 6) is -3.90. The molecule has 0 atom stereocenters. The molecule has 9 heteroatoms. The van der Waals surface area contributed by atoms with E-state index in [0.717, 1.165) is 11.8 Å². The Morgan fingerprint density at radius 2 is 1.81 bits per heavy atom. The summed E-state index contributed by atoms with van der Waals surface area (Å²) in [5, 5.41) is 9.69. The molecule has 21 heavy (non-hydrogen) atoms. The summed E-state index contributed by atoms with van der Waals surface area (Å²) in [6, 6.07) is 0. The van der Waals surface area contributed by atoms with E-state index in [0.29, 0.717) is 0 Å². The van der Waals surface area contributed by atoms with Gasteiger partial charge in [0.2, 0.25) is 11.8 Å². The van der Waals surface area contributed by atoms with Gasteiger partial charge in [-0.05, 0) is 13.2 Å². The molecule has 2 aromatic heterocycles. The number of rotatable bonds is 2. The number of aromatic nitrogens is 3. The number of pyridine rings is 1. The lowest BCUT2D eigenvalue weighted by Gasteiger charge is -2.45. The van der Waals surface area contributed by atoms with Crippen molar-refractivity contribution in [1.29, 1.82) is 0 Å². The van der Waals surface area contributed by atoms with Gasteiger partial charge in [0.05, 0.1) is 5.60 Å². The SMILES string of the molecule is CSc1nc(N2CC(C)(O)C2)c2c(F)nc(F)c(F)c2n1. The van der Waals surface area contributed by atoms with Crippen LogP contribution in [0.5, 0.6) is 0 Å². The number of nitrogens with zero attached hydrogens (tertiary/aromatic N) is 4. The fraction of sp³-hybridized carbons (Fsp3) is 0.417. The topological polar surface area (TPSA) is 62.1 Å². The van der Waals surface area contributed by atoms with Crippen molar-refractivity contribution in [3.05, 3.63) is 17.7 Å². The number of halogens is 3. The van der Waals surface area contributed by atoms with Crippen LogP contribution in [0.2, 0.25) is 0 Å². The Balaban J connectivity index is 2.25. The van der Waals surface area contributed by atoms with Crippen molar-refractivity contribution in [1.82, 2.24) is 15.0 Å². The molecule has 0 unspecified atom stereocenters. The smallest absolute Gasteiger partial charge is 0.253 e. The lowest BCUT2D eigenvalue weighted by atomic mass is 9.97. The van der Waals surface area contributed by atoms with Crippen LogP contribution in [0.1, 0.15) is 6.92 Å². The van der Waals surface area contributed by atoms with E-state index in [4.69, 9.17) is 0 Å². The van der Waals surface area contributed by atoms with Crippen molar-refractivity contribution in [2.24, 2.45) is 0 Å². The molecule has 0 amide bonds. The van der Waals surface area contributed by atoms with Crippen LogP contribution in [0.3, 0.4) is 0 Å². The van der Waals surface area contributed by atoms with E-state index in [-0.39, 0.29) is 29.5 Å². The quantitative estimate of drug-likeness (QED) is 0.517. The third-order valence-electron chi connectivity index (χ3n) is 3.21. The molecule has 2 aromatic rings. The van der Waals surface area contributed by atoms with Crippen molar-refractivity contribution in [2.45, 2.75) is 17.7 Å². The first-order valence-corrected chi connectivity index (χ1v) is 7.28. The molecule has 0 radical (unpaired) electrons. The van der Waals surface area contributed by atoms with E-state index in [1.165, 1.54) is 0 Å². The first-order chi connectivity index (χ1) is 9.82. The molecular formula is C12H11F3N4OS. The van der Waals surface area contributed by atoms with E-state index < -0.39 is 28.8 Å². The highest BCUT2D eigenvalue weighted by Crippen LogP contribution is 2.34. The molecule has 0 spiro atoms. The summed E-state index contributed by atoms with van der Waals surface area (Å²) in [4.78, 5) is 12.4. The van der Waals surface area contributed by atoms with Gasteiger partial charge in [-0.3, -0.25) is 0 Å². The highest BCUT2D eigenvalue weighted by atomic mass is 32.2. The maximum Gasteiger partial charge on any atom is 0.253 e. The van der Waals surface area contributed by atoms with Crippen LogP contribution in [0, 0.1) is 17.7 Å². The predicted molar refractivity (Wildman–Crippen MR) is 71.8 cm³/mol. The molecule has 1 fully saturated rings. The Bertz CT molecular complexity index is 732. The highest BCUT2D eigenvalue weighted by molar-refractivity contribution is 7.98. The summed E-state index contributed by atoms with van der Waals surface area (Å²) in [7, 11) is 0. The minimum atomic E-state index is -1.53. The fourth-order valence-electron chi connectivity index (χ4n) is 2.31. The minimum absolute atomic E-state index is 0.111. The van der Waals surface area contributed by atoms with E-state index in [1.807, 2.05) is 0 Å². The average Bonchev–Trinajstić information content (AvgIpc) is 2.40. The number of fused-ring (bicyclic) bond motifs is 1. The maximum absolute atomic E-state index is 13.9. The number of aliphatic hydroxyl groups is 1. The zero-order valence-electron chi connectivity index (χ0n) is 11.2. The largest absolute Gasteiger partial charge is 0.386 e. The molecule has 0 aliphatic carbocycles. The van der Waals surface area contributed by atoms with Gasteiger partial charge in [0, 0.05) is 13.1 Å². The van der Waals surface area contributed by atoms with Crippen molar-refractivity contribution < 1.29 is 18.3 Å². The fourth-order valence-corrected chi connectivity index (χ4v) is 2.67. The standard InChI is InChI=1S/C12H11F3N4OS/c1-12(20)3-19(4-12)10-5-7(16-11(18-10)21-2)6(13)9(15)17-8(5)14/h20H,3-4H2,1-2H3. The van der Waals surface area contributed by atoms with Crippen LogP contribution in [-0.4, -0.2) is 45.0 Å². The molecule has 1 aliphatic rings. The zero-order valence-corrected chi connectivity index (χ0v) is 12.0. The number of hydrogen-bond donors (Lipinski definition) is 1. The molecule has 0 saturated carbocycles. The van der Waals surface area contributed by atoms with E-state index in [1.54, 1.807) is 18.1 Å². The second-order valence-corrected chi connectivity index (χ2v) is 5.89. The molecule has 0 bridgehead atoms. The Hall–Kier alpha value is -1.61. The van der Waals surface area contributed by atoms with Crippen LogP contribution in [-0.2, 0) is 0 Å². The van der Waals surface area contributed by atoms with E-state index in [2.05, 4.69) is 15.0 Å². The van der Waals surface area contributed by atoms with Crippen molar-refractivity contribution in [3.63, 3.8) is 0 Å². The molecule has 1 N–H and O–H groups in total. The van der Waals surface area contributed by atoms with Crippen LogP contribution < -0.4 is 4.90 Å². The van der Waals surface area contributed by atoms with Gasteiger partial charge in [-0.2, -0.15) is 18.2 Å². The predicted octanol–water partition coefficient (Wildman–Crippen LogP) is 1.73. The zero-order chi connectivity index (χ0) is 15.4. The van der Waals surface area contributed by atoms with Crippen LogP contribution in [0.25, 0.3) is 10.9 Å². The van der Waals surface area contributed by atoms with Gasteiger partial charge in [0.15, 0.2) is 5.16 Å². The number of β-amino-alcohol motifs (C(OH)–C–C–N with tert-alkyl or cyclic N) is 1. The lowest BCUT2D eigenvalue weighted by Crippen LogP contribution is -2.60. The van der Waals surface area contributed by atoms with Gasteiger partial charge >= 0.3 is 0 Å². The first kappa shape index (κ1) is 14.3. The van der Waals surface area contributed by atoms with Crippen LogP contribution >= 0.6 is 11.8 Å². The molecule has 3 rings (SSSR count). The molecule has 112 valence electrons.